The highest BCUT2D eigenvalue weighted by Gasteiger charge is 2.26. The molecule has 2 aromatic carbocycles. The molecule has 0 heterocycles. The molecule has 0 fully saturated rings. The van der Waals surface area contributed by atoms with Gasteiger partial charge in [0.25, 0.3) is 0 Å². The lowest BCUT2D eigenvalue weighted by Crippen LogP contribution is -2.53. The number of ether oxygens (including phenoxy) is 1. The van der Waals surface area contributed by atoms with Crippen LogP contribution >= 0.6 is 0 Å². The van der Waals surface area contributed by atoms with Crippen LogP contribution in [0, 0.1) is 0 Å². The van der Waals surface area contributed by atoms with E-state index in [2.05, 4.69) is 17.2 Å². The average molecular weight is 395 g/mol. The summed E-state index contributed by atoms with van der Waals surface area (Å²) in [6.45, 7) is 3.63. The molecular formula is C22H25N3O4. The van der Waals surface area contributed by atoms with Crippen molar-refractivity contribution in [2.24, 2.45) is 5.73 Å². The SMILES string of the molecule is C=CC[C@@H](NC(=O)[C@@H](Cc1ccccc1)NC(=O)OCc1ccccc1)C(N)=O. The first-order chi connectivity index (χ1) is 14.0. The molecule has 0 radical (unpaired) electrons. The number of hydrogen-bond acceptors (Lipinski definition) is 4. The molecule has 0 spiro atoms. The monoisotopic (exact) mass is 395 g/mol. The molecule has 2 atom stereocenters. The van der Waals surface area contributed by atoms with E-state index in [9.17, 15) is 14.4 Å². The number of rotatable bonds is 10. The predicted octanol–water partition coefficient (Wildman–Crippen LogP) is 2.07. The maximum Gasteiger partial charge on any atom is 0.408 e. The Morgan fingerprint density at radius 3 is 2.07 bits per heavy atom. The molecule has 7 heteroatoms. The average Bonchev–Trinajstić information content (AvgIpc) is 2.73. The number of carbonyl (C=O) groups excluding carboxylic acids is 3. The summed E-state index contributed by atoms with van der Waals surface area (Å²) in [5, 5.41) is 5.13. The third-order valence-electron chi connectivity index (χ3n) is 4.17. The van der Waals surface area contributed by atoms with Gasteiger partial charge < -0.3 is 21.1 Å². The number of primary amides is 1. The van der Waals surface area contributed by atoms with Crippen molar-refractivity contribution >= 4 is 17.9 Å². The first kappa shape index (κ1) is 21.7. The molecule has 2 aromatic rings. The van der Waals surface area contributed by atoms with Crippen molar-refractivity contribution in [1.82, 2.24) is 10.6 Å². The second kappa shape index (κ2) is 11.3. The molecular weight excluding hydrogens is 370 g/mol. The first-order valence-corrected chi connectivity index (χ1v) is 9.21. The third kappa shape index (κ3) is 7.50. The molecule has 0 aliphatic heterocycles. The molecule has 2 rings (SSSR count). The molecule has 0 aliphatic rings. The van der Waals surface area contributed by atoms with Crippen molar-refractivity contribution in [2.75, 3.05) is 0 Å². The van der Waals surface area contributed by atoms with Crippen LogP contribution in [0.4, 0.5) is 4.79 Å². The zero-order chi connectivity index (χ0) is 21.1. The van der Waals surface area contributed by atoms with Crippen LogP contribution in [0.2, 0.25) is 0 Å². The number of carbonyl (C=O) groups is 3. The fourth-order valence-electron chi connectivity index (χ4n) is 2.65. The lowest BCUT2D eigenvalue weighted by Gasteiger charge is -2.21. The lowest BCUT2D eigenvalue weighted by molar-refractivity contribution is -0.128. The first-order valence-electron chi connectivity index (χ1n) is 9.21. The second-order valence-electron chi connectivity index (χ2n) is 6.44. The summed E-state index contributed by atoms with van der Waals surface area (Å²) in [6, 6.07) is 16.6. The van der Waals surface area contributed by atoms with Gasteiger partial charge in [-0.25, -0.2) is 4.79 Å². The van der Waals surface area contributed by atoms with E-state index in [1.54, 1.807) is 0 Å². The van der Waals surface area contributed by atoms with E-state index in [0.29, 0.717) is 0 Å². The van der Waals surface area contributed by atoms with E-state index < -0.39 is 30.0 Å². The summed E-state index contributed by atoms with van der Waals surface area (Å²) in [5.74, 6) is -1.21. The normalized spacial score (nSPS) is 12.3. The van der Waals surface area contributed by atoms with Crippen LogP contribution < -0.4 is 16.4 Å². The van der Waals surface area contributed by atoms with Gasteiger partial charge in [-0.1, -0.05) is 66.7 Å². The van der Waals surface area contributed by atoms with Gasteiger partial charge in [0.1, 0.15) is 18.7 Å². The van der Waals surface area contributed by atoms with E-state index in [4.69, 9.17) is 10.5 Å². The number of benzene rings is 2. The summed E-state index contributed by atoms with van der Waals surface area (Å²) in [5.41, 5.74) is 6.99. The zero-order valence-electron chi connectivity index (χ0n) is 16.0. The highest BCUT2D eigenvalue weighted by atomic mass is 16.5. The Bertz CT molecular complexity index is 824. The third-order valence-corrected chi connectivity index (χ3v) is 4.17. The molecule has 3 amide bonds. The molecule has 152 valence electrons. The summed E-state index contributed by atoms with van der Waals surface area (Å²) in [7, 11) is 0. The minimum Gasteiger partial charge on any atom is -0.445 e. The fraction of sp³-hybridized carbons (Fsp3) is 0.227. The highest BCUT2D eigenvalue weighted by molar-refractivity contribution is 5.91. The Hall–Kier alpha value is -3.61. The predicted molar refractivity (Wildman–Crippen MR) is 110 cm³/mol. The van der Waals surface area contributed by atoms with Gasteiger partial charge in [0.05, 0.1) is 0 Å². The Balaban J connectivity index is 2.05. The van der Waals surface area contributed by atoms with Crippen molar-refractivity contribution in [3.05, 3.63) is 84.4 Å². The van der Waals surface area contributed by atoms with Gasteiger partial charge in [-0.3, -0.25) is 9.59 Å². The van der Waals surface area contributed by atoms with E-state index in [-0.39, 0.29) is 19.4 Å². The molecule has 0 aliphatic carbocycles. The Labute approximate surface area is 169 Å². The van der Waals surface area contributed by atoms with Crippen LogP contribution in [0.15, 0.2) is 73.3 Å². The van der Waals surface area contributed by atoms with Crippen LogP contribution in [0.5, 0.6) is 0 Å². The molecule has 7 nitrogen and oxygen atoms in total. The van der Waals surface area contributed by atoms with Crippen molar-refractivity contribution in [3.8, 4) is 0 Å². The van der Waals surface area contributed by atoms with E-state index in [1.165, 1.54) is 6.08 Å². The van der Waals surface area contributed by atoms with Crippen molar-refractivity contribution in [2.45, 2.75) is 31.5 Å². The maximum absolute atomic E-state index is 12.7. The zero-order valence-corrected chi connectivity index (χ0v) is 16.0. The van der Waals surface area contributed by atoms with Crippen LogP contribution in [0.25, 0.3) is 0 Å². The summed E-state index contributed by atoms with van der Waals surface area (Å²) >= 11 is 0. The highest BCUT2D eigenvalue weighted by Crippen LogP contribution is 2.06. The molecule has 0 saturated heterocycles. The Morgan fingerprint density at radius 1 is 0.931 bits per heavy atom. The number of alkyl carbamates (subject to hydrolysis) is 1. The van der Waals surface area contributed by atoms with Crippen molar-refractivity contribution in [3.63, 3.8) is 0 Å². The van der Waals surface area contributed by atoms with Crippen LogP contribution in [0.1, 0.15) is 17.5 Å². The number of nitrogens with two attached hydrogens (primary N) is 1. The lowest BCUT2D eigenvalue weighted by atomic mass is 10.0. The van der Waals surface area contributed by atoms with Gasteiger partial charge in [0.15, 0.2) is 0 Å². The summed E-state index contributed by atoms with van der Waals surface area (Å²) in [4.78, 5) is 36.5. The van der Waals surface area contributed by atoms with Crippen LogP contribution in [0.3, 0.4) is 0 Å². The Kier molecular flexibility index (Phi) is 8.44. The minimum atomic E-state index is -0.938. The van der Waals surface area contributed by atoms with Gasteiger partial charge in [0, 0.05) is 6.42 Å². The molecule has 29 heavy (non-hydrogen) atoms. The van der Waals surface area contributed by atoms with E-state index >= 15 is 0 Å². The van der Waals surface area contributed by atoms with Gasteiger partial charge in [-0.15, -0.1) is 6.58 Å². The standard InChI is InChI=1S/C22H25N3O4/c1-2-9-18(20(23)26)24-21(27)19(14-16-10-5-3-6-11-16)25-22(28)29-15-17-12-7-4-8-13-17/h2-8,10-13,18-19H,1,9,14-15H2,(H2,23,26)(H,24,27)(H,25,28)/t18-,19-/m1/s1. The summed E-state index contributed by atoms with van der Waals surface area (Å²) in [6.07, 6.45) is 1.18. The maximum atomic E-state index is 12.7. The van der Waals surface area contributed by atoms with Crippen molar-refractivity contribution in [1.29, 1.82) is 0 Å². The molecule has 0 bridgehead atoms. The van der Waals surface area contributed by atoms with Gasteiger partial charge in [-0.2, -0.15) is 0 Å². The summed E-state index contributed by atoms with van der Waals surface area (Å²) < 4.78 is 5.21. The van der Waals surface area contributed by atoms with E-state index in [0.717, 1.165) is 11.1 Å². The number of nitrogens with one attached hydrogen (secondary N) is 2. The molecule has 4 N–H and O–H groups in total. The fourth-order valence-corrected chi connectivity index (χ4v) is 2.65. The molecule has 0 unspecified atom stereocenters. The van der Waals surface area contributed by atoms with Crippen molar-refractivity contribution < 1.29 is 19.1 Å². The van der Waals surface area contributed by atoms with E-state index in [1.807, 2.05) is 60.7 Å². The Morgan fingerprint density at radius 2 is 1.52 bits per heavy atom. The number of amides is 3. The van der Waals surface area contributed by atoms with Gasteiger partial charge in [0.2, 0.25) is 11.8 Å². The topological polar surface area (TPSA) is 111 Å². The number of hydrogen-bond donors (Lipinski definition) is 3. The minimum absolute atomic E-state index is 0.0761. The molecule has 0 saturated carbocycles. The van der Waals surface area contributed by atoms with Gasteiger partial charge >= 0.3 is 6.09 Å². The van der Waals surface area contributed by atoms with Crippen LogP contribution in [-0.4, -0.2) is 30.0 Å². The quantitative estimate of drug-likeness (QED) is 0.535. The molecule has 0 aromatic heterocycles. The largest absolute Gasteiger partial charge is 0.445 e. The smallest absolute Gasteiger partial charge is 0.408 e. The van der Waals surface area contributed by atoms with Crippen LogP contribution in [-0.2, 0) is 27.4 Å². The second-order valence-corrected chi connectivity index (χ2v) is 6.44. The van der Waals surface area contributed by atoms with Gasteiger partial charge in [-0.05, 0) is 17.5 Å².